The Morgan fingerprint density at radius 2 is 1.86 bits per heavy atom. The molecule has 2 aromatic carbocycles. The van der Waals surface area contributed by atoms with E-state index in [1.165, 1.54) is 5.56 Å². The third-order valence-corrected chi connectivity index (χ3v) is 4.05. The van der Waals surface area contributed by atoms with Crippen molar-refractivity contribution in [2.24, 2.45) is 5.10 Å². The third kappa shape index (κ3) is 7.80. The molecule has 0 aliphatic carbocycles. The number of aryl methyl sites for hydroxylation is 2. The van der Waals surface area contributed by atoms with Gasteiger partial charge in [-0.2, -0.15) is 5.10 Å². The lowest BCUT2D eigenvalue weighted by molar-refractivity contribution is 0.246. The molecule has 0 atom stereocenters. The Kier molecular flexibility index (Phi) is 9.01. The first-order valence-corrected chi connectivity index (χ1v) is 9.60. The summed E-state index contributed by atoms with van der Waals surface area (Å²) < 4.78 is 11.6. The standard InChI is InChI=1S/C22H27N3O2S/c1-4-12-23-22(28)25-24-16-19-7-9-20(10-8-19)26-13-5-14-27-21-11-6-17(2)15-18(21)3/h4,6-11,15-16H,1,5,12-14H2,2-3H3,(H2,23,25,28)/b24-16-. The molecule has 6 heteroatoms. The number of hydrazone groups is 1. The lowest BCUT2D eigenvalue weighted by Gasteiger charge is -2.10. The predicted octanol–water partition coefficient (Wildman–Crippen LogP) is 4.14. The number of thiocarbonyl (C=S) groups is 1. The summed E-state index contributed by atoms with van der Waals surface area (Å²) in [4.78, 5) is 0. The highest BCUT2D eigenvalue weighted by Crippen LogP contribution is 2.19. The fourth-order valence-electron chi connectivity index (χ4n) is 2.41. The largest absolute Gasteiger partial charge is 0.493 e. The van der Waals surface area contributed by atoms with Crippen molar-refractivity contribution in [1.29, 1.82) is 0 Å². The molecule has 0 radical (unpaired) electrons. The minimum atomic E-state index is 0.458. The van der Waals surface area contributed by atoms with Crippen LogP contribution in [0.5, 0.6) is 11.5 Å². The zero-order chi connectivity index (χ0) is 20.2. The quantitative estimate of drug-likeness (QED) is 0.208. The molecule has 5 nitrogen and oxygen atoms in total. The van der Waals surface area contributed by atoms with E-state index in [0.29, 0.717) is 24.9 Å². The number of hydrogen-bond donors (Lipinski definition) is 2. The molecule has 0 spiro atoms. The second-order valence-corrected chi connectivity index (χ2v) is 6.67. The van der Waals surface area contributed by atoms with Crippen LogP contribution in [0.4, 0.5) is 0 Å². The molecule has 0 unspecified atom stereocenters. The van der Waals surface area contributed by atoms with Gasteiger partial charge in [-0.3, -0.25) is 5.43 Å². The Morgan fingerprint density at radius 1 is 1.11 bits per heavy atom. The first-order valence-electron chi connectivity index (χ1n) is 9.19. The topological polar surface area (TPSA) is 54.9 Å². The van der Waals surface area contributed by atoms with Gasteiger partial charge in [-0.1, -0.05) is 23.8 Å². The summed E-state index contributed by atoms with van der Waals surface area (Å²) in [5.74, 6) is 1.75. The van der Waals surface area contributed by atoms with E-state index in [1.54, 1.807) is 12.3 Å². The van der Waals surface area contributed by atoms with Crippen molar-refractivity contribution in [3.8, 4) is 11.5 Å². The number of benzene rings is 2. The zero-order valence-electron chi connectivity index (χ0n) is 16.4. The highest BCUT2D eigenvalue weighted by molar-refractivity contribution is 7.80. The van der Waals surface area contributed by atoms with Crippen LogP contribution in [0.3, 0.4) is 0 Å². The van der Waals surface area contributed by atoms with Gasteiger partial charge in [-0.05, 0) is 67.5 Å². The molecule has 0 bridgehead atoms. The number of hydrogen-bond acceptors (Lipinski definition) is 4. The van der Waals surface area contributed by atoms with Crippen LogP contribution in [-0.2, 0) is 0 Å². The van der Waals surface area contributed by atoms with Gasteiger partial charge in [0, 0.05) is 13.0 Å². The maximum absolute atomic E-state index is 5.81. The van der Waals surface area contributed by atoms with Gasteiger partial charge >= 0.3 is 0 Å². The third-order valence-electron chi connectivity index (χ3n) is 3.81. The maximum Gasteiger partial charge on any atom is 0.187 e. The van der Waals surface area contributed by atoms with Crippen LogP contribution in [0.1, 0.15) is 23.1 Å². The molecule has 0 saturated heterocycles. The van der Waals surface area contributed by atoms with Crippen molar-refractivity contribution < 1.29 is 9.47 Å². The highest BCUT2D eigenvalue weighted by atomic mass is 32.1. The summed E-state index contributed by atoms with van der Waals surface area (Å²) in [5.41, 5.74) is 6.09. The van der Waals surface area contributed by atoms with E-state index in [1.807, 2.05) is 30.3 Å². The van der Waals surface area contributed by atoms with Gasteiger partial charge in [0.25, 0.3) is 0 Å². The molecule has 2 rings (SSSR count). The van der Waals surface area contributed by atoms with E-state index < -0.39 is 0 Å². The van der Waals surface area contributed by atoms with Crippen LogP contribution < -0.4 is 20.2 Å². The molecular weight excluding hydrogens is 370 g/mol. The second-order valence-electron chi connectivity index (χ2n) is 6.26. The molecule has 0 amide bonds. The van der Waals surface area contributed by atoms with Gasteiger partial charge in [0.15, 0.2) is 5.11 Å². The number of rotatable bonds is 10. The summed E-state index contributed by atoms with van der Waals surface area (Å²) in [5, 5.41) is 7.47. The van der Waals surface area contributed by atoms with Gasteiger partial charge in [0.1, 0.15) is 11.5 Å². The minimum Gasteiger partial charge on any atom is -0.493 e. The molecule has 0 aromatic heterocycles. The van der Waals surface area contributed by atoms with Crippen molar-refractivity contribution in [2.75, 3.05) is 19.8 Å². The van der Waals surface area contributed by atoms with Gasteiger partial charge in [-0.25, -0.2) is 0 Å². The molecule has 2 N–H and O–H groups in total. The van der Waals surface area contributed by atoms with Crippen molar-refractivity contribution >= 4 is 23.5 Å². The molecule has 28 heavy (non-hydrogen) atoms. The fourth-order valence-corrected chi connectivity index (χ4v) is 2.55. The Bertz CT molecular complexity index is 804. The van der Waals surface area contributed by atoms with Gasteiger partial charge in [-0.15, -0.1) is 6.58 Å². The summed E-state index contributed by atoms with van der Waals surface area (Å²) in [7, 11) is 0. The van der Waals surface area contributed by atoms with Crippen molar-refractivity contribution in [3.05, 3.63) is 71.8 Å². The van der Waals surface area contributed by atoms with Crippen molar-refractivity contribution in [1.82, 2.24) is 10.7 Å². The maximum atomic E-state index is 5.81. The molecule has 0 aliphatic rings. The van der Waals surface area contributed by atoms with Gasteiger partial charge in [0.2, 0.25) is 0 Å². The molecule has 0 fully saturated rings. The zero-order valence-corrected chi connectivity index (χ0v) is 17.2. The van der Waals surface area contributed by atoms with Crippen LogP contribution in [0.15, 0.2) is 60.2 Å². The van der Waals surface area contributed by atoms with Gasteiger partial charge < -0.3 is 14.8 Å². The van der Waals surface area contributed by atoms with E-state index in [0.717, 1.165) is 29.0 Å². The van der Waals surface area contributed by atoms with E-state index in [2.05, 4.69) is 48.4 Å². The molecule has 0 aliphatic heterocycles. The molecular formula is C22H27N3O2S. The lowest BCUT2D eigenvalue weighted by atomic mass is 10.1. The Morgan fingerprint density at radius 3 is 2.57 bits per heavy atom. The Balaban J connectivity index is 1.66. The van der Waals surface area contributed by atoms with Crippen LogP contribution >= 0.6 is 12.2 Å². The molecule has 0 heterocycles. The highest BCUT2D eigenvalue weighted by Gasteiger charge is 2.00. The average Bonchev–Trinajstić information content (AvgIpc) is 2.68. The summed E-state index contributed by atoms with van der Waals surface area (Å²) in [6.07, 6.45) is 4.24. The predicted molar refractivity (Wildman–Crippen MR) is 119 cm³/mol. The van der Waals surface area contributed by atoms with Gasteiger partial charge in [0.05, 0.1) is 19.4 Å². The van der Waals surface area contributed by atoms with E-state index >= 15 is 0 Å². The van der Waals surface area contributed by atoms with E-state index in [-0.39, 0.29) is 0 Å². The molecule has 148 valence electrons. The molecule has 2 aromatic rings. The number of ether oxygens (including phenoxy) is 2. The monoisotopic (exact) mass is 397 g/mol. The van der Waals surface area contributed by atoms with Crippen molar-refractivity contribution in [3.63, 3.8) is 0 Å². The average molecular weight is 398 g/mol. The summed E-state index contributed by atoms with van der Waals surface area (Å²) in [6, 6.07) is 13.9. The van der Waals surface area contributed by atoms with Crippen molar-refractivity contribution in [2.45, 2.75) is 20.3 Å². The Hall–Kier alpha value is -2.86. The van der Waals surface area contributed by atoms with Crippen LogP contribution in [-0.4, -0.2) is 31.1 Å². The first-order chi connectivity index (χ1) is 13.6. The number of nitrogens with one attached hydrogen (secondary N) is 2. The van der Waals surface area contributed by atoms with Crippen LogP contribution in [0.25, 0.3) is 0 Å². The summed E-state index contributed by atoms with van der Waals surface area (Å²) in [6.45, 7) is 9.58. The fraction of sp³-hybridized carbons (Fsp3) is 0.273. The van der Waals surface area contributed by atoms with Crippen LogP contribution in [0.2, 0.25) is 0 Å². The van der Waals surface area contributed by atoms with Crippen LogP contribution in [0, 0.1) is 13.8 Å². The van der Waals surface area contributed by atoms with E-state index in [9.17, 15) is 0 Å². The SMILES string of the molecule is C=CCNC(=S)N/N=C\c1ccc(OCCCOc2ccc(C)cc2C)cc1. The first kappa shape index (κ1) is 21.4. The second kappa shape index (κ2) is 11.8. The molecule has 0 saturated carbocycles. The van der Waals surface area contributed by atoms with E-state index in [4.69, 9.17) is 21.7 Å². The number of nitrogens with zero attached hydrogens (tertiary/aromatic N) is 1. The normalized spacial score (nSPS) is 10.5. The minimum absolute atomic E-state index is 0.458. The Labute approximate surface area is 172 Å². The smallest absolute Gasteiger partial charge is 0.187 e. The summed E-state index contributed by atoms with van der Waals surface area (Å²) >= 11 is 5.05. The lowest BCUT2D eigenvalue weighted by Crippen LogP contribution is -2.31.